The first-order chi connectivity index (χ1) is 12.6. The van der Waals surface area contributed by atoms with Crippen molar-refractivity contribution in [3.05, 3.63) is 22.4 Å². The number of esters is 1. The molecule has 2 aromatic rings. The van der Waals surface area contributed by atoms with Crippen molar-refractivity contribution < 1.29 is 18.3 Å². The number of aromatic amines is 1. The molecule has 0 amide bonds. The van der Waals surface area contributed by atoms with E-state index in [9.17, 15) is 18.4 Å². The van der Waals surface area contributed by atoms with E-state index in [0.29, 0.717) is 23.3 Å². The van der Waals surface area contributed by atoms with Crippen LogP contribution in [0, 0.1) is 5.92 Å². The van der Waals surface area contributed by atoms with Gasteiger partial charge in [-0.05, 0) is 26.7 Å². The number of rotatable bonds is 3. The fourth-order valence-corrected chi connectivity index (χ4v) is 4.08. The van der Waals surface area contributed by atoms with Crippen molar-refractivity contribution in [3.63, 3.8) is 0 Å². The smallest absolute Gasteiger partial charge is 0.310 e. The van der Waals surface area contributed by atoms with Gasteiger partial charge in [0.15, 0.2) is 5.65 Å². The Morgan fingerprint density at radius 2 is 2.00 bits per heavy atom. The highest BCUT2D eigenvalue weighted by Gasteiger charge is 2.40. The molecule has 3 heterocycles. The maximum Gasteiger partial charge on any atom is 0.310 e. The van der Waals surface area contributed by atoms with Gasteiger partial charge in [0.25, 0.3) is 5.56 Å². The molecule has 7 nitrogen and oxygen atoms in total. The number of nitrogens with zero attached hydrogens (tertiary/aromatic N) is 3. The van der Waals surface area contributed by atoms with Crippen LogP contribution < -0.4 is 5.56 Å². The number of ether oxygens (including phenoxy) is 1. The van der Waals surface area contributed by atoms with Gasteiger partial charge in [-0.1, -0.05) is 0 Å². The summed E-state index contributed by atoms with van der Waals surface area (Å²) in [5, 5.41) is 4.56. The first-order valence-electron chi connectivity index (χ1n) is 9.21. The number of H-pyrrole nitrogens is 1. The number of halogens is 2. The summed E-state index contributed by atoms with van der Waals surface area (Å²) in [7, 11) is 0. The summed E-state index contributed by atoms with van der Waals surface area (Å²) >= 11 is 0. The lowest BCUT2D eigenvalue weighted by Crippen LogP contribution is -2.27. The average Bonchev–Trinajstić information content (AvgIpc) is 3.08. The summed E-state index contributed by atoms with van der Waals surface area (Å²) < 4.78 is 33.8. The van der Waals surface area contributed by atoms with Gasteiger partial charge in [0, 0.05) is 25.7 Å². The van der Waals surface area contributed by atoms with E-state index >= 15 is 0 Å². The Morgan fingerprint density at radius 1 is 1.30 bits per heavy atom. The second-order valence-electron chi connectivity index (χ2n) is 8.21. The second kappa shape index (κ2) is 6.10. The van der Waals surface area contributed by atoms with E-state index in [-0.39, 0.29) is 55.6 Å². The fourth-order valence-electron chi connectivity index (χ4n) is 4.08. The van der Waals surface area contributed by atoms with Gasteiger partial charge < -0.3 is 9.72 Å². The number of carbonyl (C=O) groups is 1. The van der Waals surface area contributed by atoms with E-state index in [4.69, 9.17) is 4.74 Å². The molecule has 0 aromatic carbocycles. The van der Waals surface area contributed by atoms with E-state index < -0.39 is 11.5 Å². The molecular weight excluding hydrogens is 358 g/mol. The molecule has 4 rings (SSSR count). The van der Waals surface area contributed by atoms with E-state index in [1.165, 1.54) is 6.20 Å². The van der Waals surface area contributed by atoms with Gasteiger partial charge in [-0.25, -0.2) is 18.4 Å². The third kappa shape index (κ3) is 3.46. The van der Waals surface area contributed by atoms with Crippen molar-refractivity contribution in [1.82, 2.24) is 19.7 Å². The summed E-state index contributed by atoms with van der Waals surface area (Å²) in [6.07, 6.45) is 2.42. The maximum atomic E-state index is 13.4. The molecule has 1 aliphatic heterocycles. The van der Waals surface area contributed by atoms with Crippen LogP contribution in [0.15, 0.2) is 11.0 Å². The minimum atomic E-state index is -2.63. The quantitative estimate of drug-likeness (QED) is 0.827. The predicted octanol–water partition coefficient (Wildman–Crippen LogP) is 2.75. The predicted molar refractivity (Wildman–Crippen MR) is 92.6 cm³/mol. The molecule has 1 saturated heterocycles. The first-order valence-corrected chi connectivity index (χ1v) is 9.21. The van der Waals surface area contributed by atoms with Gasteiger partial charge in [0.1, 0.15) is 16.8 Å². The Balaban J connectivity index is 1.63. The summed E-state index contributed by atoms with van der Waals surface area (Å²) in [6, 6.07) is -0.209. The van der Waals surface area contributed by atoms with Crippen LogP contribution in [0.5, 0.6) is 0 Å². The SMILES string of the molecule is CC1(C)CC(Cc2nc3c(cnn3C3CCC(F)(F)CC3)c(=O)[nH]2)C(=O)O1. The Kier molecular flexibility index (Phi) is 4.08. The molecule has 2 fully saturated rings. The molecule has 146 valence electrons. The first kappa shape index (κ1) is 18.1. The Morgan fingerprint density at radius 3 is 2.63 bits per heavy atom. The number of hydrogen-bond donors (Lipinski definition) is 1. The lowest BCUT2D eigenvalue weighted by Gasteiger charge is -2.28. The van der Waals surface area contributed by atoms with Crippen LogP contribution in [-0.4, -0.2) is 37.2 Å². The number of nitrogens with one attached hydrogen (secondary N) is 1. The molecule has 1 unspecified atom stereocenters. The molecule has 1 saturated carbocycles. The number of aromatic nitrogens is 4. The van der Waals surface area contributed by atoms with Gasteiger partial charge in [-0.2, -0.15) is 5.10 Å². The van der Waals surface area contributed by atoms with Crippen molar-refractivity contribution in [2.75, 3.05) is 0 Å². The molecule has 0 spiro atoms. The number of alkyl halides is 2. The largest absolute Gasteiger partial charge is 0.459 e. The molecule has 9 heteroatoms. The minimum absolute atomic E-state index is 0.196. The van der Waals surface area contributed by atoms with Crippen LogP contribution in [0.3, 0.4) is 0 Å². The van der Waals surface area contributed by atoms with Crippen LogP contribution in [0.25, 0.3) is 11.0 Å². The fraction of sp³-hybridized carbons (Fsp3) is 0.667. The summed E-state index contributed by atoms with van der Waals surface area (Å²) in [5.74, 6) is -2.92. The van der Waals surface area contributed by atoms with Gasteiger partial charge in [-0.15, -0.1) is 0 Å². The van der Waals surface area contributed by atoms with E-state index in [0.717, 1.165) is 0 Å². The monoisotopic (exact) mass is 380 g/mol. The zero-order valence-corrected chi connectivity index (χ0v) is 15.3. The zero-order chi connectivity index (χ0) is 19.4. The van der Waals surface area contributed by atoms with Crippen molar-refractivity contribution in [2.24, 2.45) is 5.92 Å². The summed E-state index contributed by atoms with van der Waals surface area (Å²) in [5.41, 5.74) is -0.482. The normalized spacial score (nSPS) is 25.0. The molecule has 1 N–H and O–H groups in total. The number of fused-ring (bicyclic) bond motifs is 1. The summed E-state index contributed by atoms with van der Waals surface area (Å²) in [6.45, 7) is 3.69. The molecule has 1 aliphatic carbocycles. The van der Waals surface area contributed by atoms with Gasteiger partial charge in [0.05, 0.1) is 18.2 Å². The van der Waals surface area contributed by atoms with Crippen LogP contribution in [0.1, 0.15) is 57.8 Å². The Labute approximate surface area is 154 Å². The van der Waals surface area contributed by atoms with Gasteiger partial charge >= 0.3 is 5.97 Å². The minimum Gasteiger partial charge on any atom is -0.459 e. The lowest BCUT2D eigenvalue weighted by molar-refractivity contribution is -0.148. The third-order valence-electron chi connectivity index (χ3n) is 5.43. The molecule has 0 bridgehead atoms. The highest BCUT2D eigenvalue weighted by Crippen LogP contribution is 2.39. The summed E-state index contributed by atoms with van der Waals surface area (Å²) in [4.78, 5) is 31.6. The standard InChI is InChI=1S/C18H22F2N4O3/c1-17(2)8-10(16(26)27-17)7-13-22-14-12(15(25)23-13)9-21-24(14)11-3-5-18(19,20)6-4-11/h9-11H,3-8H2,1-2H3,(H,22,23,25). The molecule has 0 radical (unpaired) electrons. The van der Waals surface area contributed by atoms with E-state index in [1.807, 2.05) is 13.8 Å². The molecule has 2 aliphatic rings. The van der Waals surface area contributed by atoms with Crippen LogP contribution >= 0.6 is 0 Å². The van der Waals surface area contributed by atoms with Crippen molar-refractivity contribution in [3.8, 4) is 0 Å². The Hall–Kier alpha value is -2.32. The lowest BCUT2D eigenvalue weighted by atomic mass is 9.92. The topological polar surface area (TPSA) is 89.9 Å². The highest BCUT2D eigenvalue weighted by molar-refractivity contribution is 5.76. The highest BCUT2D eigenvalue weighted by atomic mass is 19.3. The van der Waals surface area contributed by atoms with Crippen molar-refractivity contribution in [2.45, 2.75) is 69.9 Å². The van der Waals surface area contributed by atoms with E-state index in [1.54, 1.807) is 4.68 Å². The number of cyclic esters (lactones) is 1. The zero-order valence-electron chi connectivity index (χ0n) is 15.3. The molecular formula is C18H22F2N4O3. The van der Waals surface area contributed by atoms with Crippen LogP contribution in [0.4, 0.5) is 8.78 Å². The average molecular weight is 380 g/mol. The van der Waals surface area contributed by atoms with Gasteiger partial charge in [0.2, 0.25) is 5.92 Å². The second-order valence-corrected chi connectivity index (χ2v) is 8.21. The molecule has 2 aromatic heterocycles. The van der Waals surface area contributed by atoms with Crippen molar-refractivity contribution in [1.29, 1.82) is 0 Å². The van der Waals surface area contributed by atoms with Crippen LogP contribution in [0.2, 0.25) is 0 Å². The third-order valence-corrected chi connectivity index (χ3v) is 5.43. The van der Waals surface area contributed by atoms with Crippen molar-refractivity contribution >= 4 is 17.0 Å². The van der Waals surface area contributed by atoms with Crippen LogP contribution in [-0.2, 0) is 16.0 Å². The number of hydrogen-bond acceptors (Lipinski definition) is 5. The maximum absolute atomic E-state index is 13.4. The molecule has 1 atom stereocenters. The number of carbonyl (C=O) groups excluding carboxylic acids is 1. The van der Waals surface area contributed by atoms with Gasteiger partial charge in [-0.3, -0.25) is 9.59 Å². The Bertz CT molecular complexity index is 940. The van der Waals surface area contributed by atoms with E-state index in [2.05, 4.69) is 15.1 Å². The molecule has 27 heavy (non-hydrogen) atoms.